The topological polar surface area (TPSA) is 65.2 Å². The van der Waals surface area contributed by atoms with Crippen molar-refractivity contribution in [2.24, 2.45) is 0 Å². The molecule has 5 nitrogen and oxygen atoms in total. The molecule has 27 heavy (non-hydrogen) atoms. The summed E-state index contributed by atoms with van der Waals surface area (Å²) >= 11 is 0. The molecule has 0 saturated carbocycles. The van der Waals surface area contributed by atoms with Crippen LogP contribution in [0.3, 0.4) is 0 Å². The number of nitrogens with zero attached hydrogens (tertiary/aromatic N) is 1. The molecule has 140 valence electrons. The Hall–Kier alpha value is -3.08. The van der Waals surface area contributed by atoms with Gasteiger partial charge in [-0.2, -0.15) is 0 Å². The number of nitrogens with one attached hydrogen (secondary N) is 2. The van der Waals surface area contributed by atoms with Gasteiger partial charge in [0, 0.05) is 30.2 Å². The molecule has 1 heterocycles. The number of aromatic amines is 1. The van der Waals surface area contributed by atoms with Gasteiger partial charge in [0.15, 0.2) is 0 Å². The number of hydrogen-bond donors (Lipinski definition) is 2. The molecule has 0 aliphatic rings. The molecule has 5 heteroatoms. The van der Waals surface area contributed by atoms with Gasteiger partial charge in [-0.1, -0.05) is 48.5 Å². The average molecular weight is 363 g/mol. The molecule has 1 atom stereocenters. The second-order valence-electron chi connectivity index (χ2n) is 6.90. The van der Waals surface area contributed by atoms with Crippen LogP contribution in [0.15, 0.2) is 60.8 Å². The van der Waals surface area contributed by atoms with Gasteiger partial charge < -0.3 is 15.2 Å². The zero-order valence-corrected chi connectivity index (χ0v) is 15.7. The zero-order valence-electron chi connectivity index (χ0n) is 15.7. The summed E-state index contributed by atoms with van der Waals surface area (Å²) in [6, 6.07) is 17.9. The van der Waals surface area contributed by atoms with Crippen LogP contribution in [0.4, 0.5) is 0 Å². The van der Waals surface area contributed by atoms with E-state index in [1.165, 1.54) is 10.5 Å². The number of amides is 2. The summed E-state index contributed by atoms with van der Waals surface area (Å²) in [6.07, 6.45) is 3.46. The lowest BCUT2D eigenvalue weighted by atomic mass is 10.1. The Morgan fingerprint density at radius 3 is 2.56 bits per heavy atom. The molecule has 0 saturated heterocycles. The fraction of sp³-hybridized carbons (Fsp3) is 0.273. The molecule has 0 bridgehead atoms. The standard InChI is InChI=1S/C22H25N3O2/c1-16(12-13-17-8-4-3-5-9-17)24-21(26)15-25(2)22(27)19-14-23-20-11-7-6-10-18(19)20/h3-11,14,16,23H,12-13,15H2,1-2H3,(H,24,26). The van der Waals surface area contributed by atoms with E-state index in [1.54, 1.807) is 13.2 Å². The second kappa shape index (κ2) is 8.54. The summed E-state index contributed by atoms with van der Waals surface area (Å²) in [5, 5.41) is 3.84. The fourth-order valence-corrected chi connectivity index (χ4v) is 3.16. The van der Waals surface area contributed by atoms with Crippen LogP contribution < -0.4 is 5.32 Å². The number of para-hydroxylation sites is 1. The molecule has 2 aromatic carbocycles. The molecule has 1 aromatic heterocycles. The third-order valence-corrected chi connectivity index (χ3v) is 4.66. The van der Waals surface area contributed by atoms with E-state index in [1.807, 2.05) is 49.4 Å². The summed E-state index contributed by atoms with van der Waals surface area (Å²) in [7, 11) is 1.65. The smallest absolute Gasteiger partial charge is 0.256 e. The summed E-state index contributed by atoms with van der Waals surface area (Å²) in [5.74, 6) is -0.314. The van der Waals surface area contributed by atoms with Crippen LogP contribution in [0.25, 0.3) is 10.9 Å². The van der Waals surface area contributed by atoms with Crippen molar-refractivity contribution in [3.63, 3.8) is 0 Å². The van der Waals surface area contributed by atoms with E-state index < -0.39 is 0 Å². The normalized spacial score (nSPS) is 11.9. The van der Waals surface area contributed by atoms with Gasteiger partial charge in [0.25, 0.3) is 5.91 Å². The number of aryl methyl sites for hydroxylation is 1. The minimum Gasteiger partial charge on any atom is -0.360 e. The second-order valence-corrected chi connectivity index (χ2v) is 6.90. The van der Waals surface area contributed by atoms with Crippen LogP contribution in [0, 0.1) is 0 Å². The van der Waals surface area contributed by atoms with Gasteiger partial charge in [-0.05, 0) is 31.4 Å². The molecule has 0 radical (unpaired) electrons. The van der Waals surface area contributed by atoms with Gasteiger partial charge in [-0.15, -0.1) is 0 Å². The number of H-pyrrole nitrogens is 1. The molecule has 3 aromatic rings. The van der Waals surface area contributed by atoms with E-state index in [0.717, 1.165) is 23.7 Å². The zero-order chi connectivity index (χ0) is 19.2. The molecule has 2 amide bonds. The molecular formula is C22H25N3O2. The van der Waals surface area contributed by atoms with Gasteiger partial charge in [0.1, 0.15) is 0 Å². The first-order valence-corrected chi connectivity index (χ1v) is 9.19. The Balaban J connectivity index is 1.51. The fourth-order valence-electron chi connectivity index (χ4n) is 3.16. The summed E-state index contributed by atoms with van der Waals surface area (Å²) in [4.78, 5) is 29.5. The molecule has 0 spiro atoms. The largest absolute Gasteiger partial charge is 0.360 e. The van der Waals surface area contributed by atoms with Gasteiger partial charge in [-0.25, -0.2) is 0 Å². The van der Waals surface area contributed by atoms with Gasteiger partial charge in [-0.3, -0.25) is 9.59 Å². The Morgan fingerprint density at radius 1 is 1.07 bits per heavy atom. The lowest BCUT2D eigenvalue weighted by Crippen LogP contribution is -2.41. The molecule has 3 rings (SSSR count). The number of benzene rings is 2. The highest BCUT2D eigenvalue weighted by molar-refractivity contribution is 6.07. The Bertz CT molecular complexity index is 917. The lowest BCUT2D eigenvalue weighted by molar-refractivity contribution is -0.122. The van der Waals surface area contributed by atoms with Crippen LogP contribution in [0.1, 0.15) is 29.3 Å². The van der Waals surface area contributed by atoms with Crippen LogP contribution >= 0.6 is 0 Å². The van der Waals surface area contributed by atoms with Crippen molar-refractivity contribution in [3.8, 4) is 0 Å². The van der Waals surface area contributed by atoms with Crippen molar-refractivity contribution in [1.29, 1.82) is 0 Å². The Labute approximate surface area is 159 Å². The van der Waals surface area contributed by atoms with E-state index in [9.17, 15) is 9.59 Å². The quantitative estimate of drug-likeness (QED) is 0.676. The maximum atomic E-state index is 12.7. The summed E-state index contributed by atoms with van der Waals surface area (Å²) < 4.78 is 0. The van der Waals surface area contributed by atoms with Crippen LogP contribution in [0.2, 0.25) is 0 Å². The third kappa shape index (κ3) is 4.76. The number of rotatable bonds is 7. The Kier molecular flexibility index (Phi) is 5.91. The lowest BCUT2D eigenvalue weighted by Gasteiger charge is -2.19. The molecule has 0 fully saturated rings. The number of likely N-dealkylation sites (N-methyl/N-ethyl adjacent to an activating group) is 1. The maximum absolute atomic E-state index is 12.7. The van der Waals surface area contributed by atoms with Crippen molar-refractivity contribution in [1.82, 2.24) is 15.2 Å². The van der Waals surface area contributed by atoms with E-state index in [0.29, 0.717) is 5.56 Å². The highest BCUT2D eigenvalue weighted by Gasteiger charge is 2.19. The number of fused-ring (bicyclic) bond motifs is 1. The van der Waals surface area contributed by atoms with Crippen molar-refractivity contribution in [3.05, 3.63) is 71.9 Å². The van der Waals surface area contributed by atoms with Gasteiger partial charge in [0.05, 0.1) is 12.1 Å². The predicted octanol–water partition coefficient (Wildman–Crippen LogP) is 3.38. The Morgan fingerprint density at radius 2 is 1.78 bits per heavy atom. The van der Waals surface area contributed by atoms with Crippen LogP contribution in [0.5, 0.6) is 0 Å². The molecule has 0 aliphatic carbocycles. The number of carbonyl (C=O) groups excluding carboxylic acids is 2. The van der Waals surface area contributed by atoms with Crippen molar-refractivity contribution in [2.75, 3.05) is 13.6 Å². The monoisotopic (exact) mass is 363 g/mol. The SMILES string of the molecule is CC(CCc1ccccc1)NC(=O)CN(C)C(=O)c1c[nH]c2ccccc12. The minimum absolute atomic E-state index is 0.0357. The highest BCUT2D eigenvalue weighted by Crippen LogP contribution is 2.18. The number of aromatic nitrogens is 1. The highest BCUT2D eigenvalue weighted by atomic mass is 16.2. The molecular weight excluding hydrogens is 338 g/mol. The first-order chi connectivity index (χ1) is 13.0. The number of carbonyl (C=O) groups is 2. The first kappa shape index (κ1) is 18.7. The summed E-state index contributed by atoms with van der Waals surface area (Å²) in [5.41, 5.74) is 2.75. The third-order valence-electron chi connectivity index (χ3n) is 4.66. The van der Waals surface area contributed by atoms with Crippen LogP contribution in [-0.2, 0) is 11.2 Å². The minimum atomic E-state index is -0.167. The predicted molar refractivity (Wildman–Crippen MR) is 108 cm³/mol. The average Bonchev–Trinajstić information content (AvgIpc) is 3.10. The summed E-state index contributed by atoms with van der Waals surface area (Å²) in [6.45, 7) is 2.02. The number of hydrogen-bond acceptors (Lipinski definition) is 2. The van der Waals surface area contributed by atoms with E-state index >= 15 is 0 Å². The van der Waals surface area contributed by atoms with E-state index in [4.69, 9.17) is 0 Å². The van der Waals surface area contributed by atoms with Crippen molar-refractivity contribution >= 4 is 22.7 Å². The molecule has 0 aliphatic heterocycles. The first-order valence-electron chi connectivity index (χ1n) is 9.19. The van der Waals surface area contributed by atoms with Crippen molar-refractivity contribution in [2.45, 2.75) is 25.8 Å². The molecule has 1 unspecified atom stereocenters. The maximum Gasteiger partial charge on any atom is 0.256 e. The van der Waals surface area contributed by atoms with Crippen molar-refractivity contribution < 1.29 is 9.59 Å². The van der Waals surface area contributed by atoms with Gasteiger partial charge in [0.2, 0.25) is 5.91 Å². The van der Waals surface area contributed by atoms with Gasteiger partial charge >= 0.3 is 0 Å². The van der Waals surface area contributed by atoms with E-state index in [2.05, 4.69) is 22.4 Å². The van der Waals surface area contributed by atoms with Crippen LogP contribution in [-0.4, -0.2) is 41.3 Å². The molecule has 2 N–H and O–H groups in total. The van der Waals surface area contributed by atoms with E-state index in [-0.39, 0.29) is 24.4 Å².